The Morgan fingerprint density at radius 3 is 2.92 bits per heavy atom. The summed E-state index contributed by atoms with van der Waals surface area (Å²) in [5, 5.41) is 11.1. The first kappa shape index (κ1) is 17.3. The second-order valence-electron chi connectivity index (χ2n) is 6.08. The topological polar surface area (TPSA) is 72.3 Å². The van der Waals surface area contributed by atoms with Crippen molar-refractivity contribution in [2.75, 3.05) is 20.2 Å². The van der Waals surface area contributed by atoms with Crippen molar-refractivity contribution < 1.29 is 13.9 Å². The number of carbonyl (C=O) groups excluding carboxylic acids is 1. The molecule has 2 heterocycles. The average Bonchev–Trinajstić information content (AvgIpc) is 2.88. The van der Waals surface area contributed by atoms with E-state index in [0.29, 0.717) is 30.9 Å². The number of benzene rings is 1. The van der Waals surface area contributed by atoms with Crippen LogP contribution in [0.15, 0.2) is 18.2 Å². The lowest BCUT2D eigenvalue weighted by Crippen LogP contribution is -2.27. The van der Waals surface area contributed by atoms with Crippen molar-refractivity contribution in [1.29, 1.82) is 0 Å². The van der Waals surface area contributed by atoms with Gasteiger partial charge >= 0.3 is 0 Å². The Hall–Kier alpha value is -2.48. The maximum atomic E-state index is 14.1. The van der Waals surface area contributed by atoms with Crippen molar-refractivity contribution in [3.63, 3.8) is 0 Å². The van der Waals surface area contributed by atoms with Crippen molar-refractivity contribution in [3.8, 4) is 5.75 Å². The first-order valence-electron chi connectivity index (χ1n) is 8.27. The normalized spacial score (nSPS) is 14.7. The number of ether oxygens (including phenoxy) is 1. The molecule has 7 nitrogen and oxygen atoms in total. The lowest BCUT2D eigenvalue weighted by atomic mass is 10.2. The van der Waals surface area contributed by atoms with Crippen molar-refractivity contribution in [2.45, 2.75) is 33.0 Å². The van der Waals surface area contributed by atoms with Gasteiger partial charge in [0.15, 0.2) is 5.82 Å². The molecule has 0 saturated heterocycles. The molecule has 0 fully saturated rings. The number of carbonyl (C=O) groups is 1. The van der Waals surface area contributed by atoms with Crippen LogP contribution in [0.2, 0.25) is 0 Å². The molecule has 25 heavy (non-hydrogen) atoms. The molecule has 8 heteroatoms. The van der Waals surface area contributed by atoms with E-state index in [1.54, 1.807) is 19.2 Å². The van der Waals surface area contributed by atoms with Crippen LogP contribution in [0, 0.1) is 5.82 Å². The standard InChI is InChI=1S/C17H22FN5O2/c1-12(24)19-10-17-21-20-16-5-6-22(7-8-23(16)17)11-13-9-14(25-2)3-4-15(13)18/h3-4,9H,5-8,10-11H2,1-2H3,(H,19,24). The summed E-state index contributed by atoms with van der Waals surface area (Å²) in [5.74, 6) is 1.98. The predicted molar refractivity (Wildman–Crippen MR) is 89.5 cm³/mol. The maximum Gasteiger partial charge on any atom is 0.217 e. The van der Waals surface area contributed by atoms with Crippen LogP contribution in [0.4, 0.5) is 4.39 Å². The molecule has 0 atom stereocenters. The average molecular weight is 347 g/mol. The van der Waals surface area contributed by atoms with Gasteiger partial charge in [-0.15, -0.1) is 10.2 Å². The molecule has 2 aromatic rings. The monoisotopic (exact) mass is 347 g/mol. The number of fused-ring (bicyclic) bond motifs is 1. The highest BCUT2D eigenvalue weighted by molar-refractivity contribution is 5.72. The maximum absolute atomic E-state index is 14.1. The number of nitrogens with one attached hydrogen (secondary N) is 1. The van der Waals surface area contributed by atoms with Gasteiger partial charge in [0.05, 0.1) is 13.7 Å². The molecule has 0 radical (unpaired) electrons. The summed E-state index contributed by atoms with van der Waals surface area (Å²) in [6.45, 7) is 4.60. The summed E-state index contributed by atoms with van der Waals surface area (Å²) in [6, 6.07) is 4.80. The van der Waals surface area contributed by atoms with Gasteiger partial charge in [0.2, 0.25) is 5.91 Å². The lowest BCUT2D eigenvalue weighted by Gasteiger charge is -2.20. The van der Waals surface area contributed by atoms with Gasteiger partial charge in [-0.05, 0) is 18.2 Å². The van der Waals surface area contributed by atoms with Crippen LogP contribution in [0.25, 0.3) is 0 Å². The summed E-state index contributed by atoms with van der Waals surface area (Å²) in [6.07, 6.45) is 0.735. The fraction of sp³-hybridized carbons (Fsp3) is 0.471. The van der Waals surface area contributed by atoms with E-state index in [-0.39, 0.29) is 11.7 Å². The van der Waals surface area contributed by atoms with Crippen LogP contribution >= 0.6 is 0 Å². The highest BCUT2D eigenvalue weighted by Gasteiger charge is 2.19. The van der Waals surface area contributed by atoms with Gasteiger partial charge < -0.3 is 14.6 Å². The Kier molecular flexibility index (Phi) is 5.28. The third-order valence-corrected chi connectivity index (χ3v) is 4.34. The third-order valence-electron chi connectivity index (χ3n) is 4.34. The summed E-state index contributed by atoms with van der Waals surface area (Å²) in [4.78, 5) is 13.3. The molecular formula is C17H22FN5O2. The van der Waals surface area contributed by atoms with Crippen LogP contribution in [0.1, 0.15) is 24.1 Å². The van der Waals surface area contributed by atoms with Crippen LogP contribution in [-0.4, -0.2) is 45.8 Å². The van der Waals surface area contributed by atoms with E-state index in [4.69, 9.17) is 4.74 Å². The Labute approximate surface area is 145 Å². The van der Waals surface area contributed by atoms with Crippen LogP contribution in [0.5, 0.6) is 5.75 Å². The zero-order chi connectivity index (χ0) is 17.8. The number of amides is 1. The molecule has 0 aliphatic carbocycles. The quantitative estimate of drug-likeness (QED) is 0.878. The predicted octanol–water partition coefficient (Wildman–Crippen LogP) is 1.12. The molecule has 0 spiro atoms. The zero-order valence-corrected chi connectivity index (χ0v) is 14.5. The minimum absolute atomic E-state index is 0.0962. The van der Waals surface area contributed by atoms with Crippen molar-refractivity contribution in [2.24, 2.45) is 0 Å². The first-order chi connectivity index (χ1) is 12.1. The summed E-state index contributed by atoms with van der Waals surface area (Å²) >= 11 is 0. The van der Waals surface area contributed by atoms with Crippen molar-refractivity contribution >= 4 is 5.91 Å². The summed E-state index contributed by atoms with van der Waals surface area (Å²) < 4.78 is 21.3. The molecule has 1 aliphatic rings. The number of nitrogens with zero attached hydrogens (tertiary/aromatic N) is 4. The first-order valence-corrected chi connectivity index (χ1v) is 8.27. The molecule has 1 aliphatic heterocycles. The second kappa shape index (κ2) is 7.60. The van der Waals surface area contributed by atoms with Gasteiger partial charge in [-0.3, -0.25) is 9.69 Å². The SMILES string of the molecule is COc1ccc(F)c(CN2CCc3nnc(CNC(C)=O)n3CC2)c1. The third kappa shape index (κ3) is 4.14. The fourth-order valence-electron chi connectivity index (χ4n) is 2.96. The highest BCUT2D eigenvalue weighted by atomic mass is 19.1. The van der Waals surface area contributed by atoms with E-state index in [2.05, 4.69) is 20.4 Å². The van der Waals surface area contributed by atoms with Crippen LogP contribution in [0.3, 0.4) is 0 Å². The zero-order valence-electron chi connectivity index (χ0n) is 14.5. The molecule has 1 aromatic carbocycles. The number of halogens is 1. The Morgan fingerprint density at radius 1 is 1.32 bits per heavy atom. The van der Waals surface area contributed by atoms with Crippen LogP contribution < -0.4 is 10.1 Å². The van der Waals surface area contributed by atoms with Gasteiger partial charge in [-0.2, -0.15) is 0 Å². The molecule has 0 bridgehead atoms. The van der Waals surface area contributed by atoms with Gasteiger partial charge in [0.1, 0.15) is 17.4 Å². The molecule has 0 saturated carbocycles. The minimum atomic E-state index is -0.226. The van der Waals surface area contributed by atoms with Crippen molar-refractivity contribution in [1.82, 2.24) is 25.0 Å². The largest absolute Gasteiger partial charge is 0.497 e. The van der Waals surface area contributed by atoms with E-state index in [1.165, 1.54) is 13.0 Å². The summed E-state index contributed by atoms with van der Waals surface area (Å²) in [5.41, 5.74) is 0.621. The molecule has 3 rings (SSSR count). The second-order valence-corrected chi connectivity index (χ2v) is 6.08. The molecule has 1 amide bonds. The molecule has 134 valence electrons. The number of rotatable bonds is 5. The van der Waals surface area contributed by atoms with Gasteiger partial charge in [0, 0.05) is 45.1 Å². The Balaban J connectivity index is 1.67. The number of hydrogen-bond donors (Lipinski definition) is 1. The number of methoxy groups -OCH3 is 1. The molecule has 1 N–H and O–H groups in total. The highest BCUT2D eigenvalue weighted by Crippen LogP contribution is 2.19. The van der Waals surface area contributed by atoms with E-state index >= 15 is 0 Å². The lowest BCUT2D eigenvalue weighted by molar-refractivity contribution is -0.119. The fourth-order valence-corrected chi connectivity index (χ4v) is 2.96. The van der Waals surface area contributed by atoms with E-state index in [9.17, 15) is 9.18 Å². The van der Waals surface area contributed by atoms with Crippen LogP contribution in [-0.2, 0) is 30.8 Å². The minimum Gasteiger partial charge on any atom is -0.497 e. The smallest absolute Gasteiger partial charge is 0.217 e. The molecular weight excluding hydrogens is 325 g/mol. The summed E-state index contributed by atoms with van der Waals surface area (Å²) in [7, 11) is 1.57. The van der Waals surface area contributed by atoms with E-state index in [0.717, 1.165) is 31.2 Å². The van der Waals surface area contributed by atoms with E-state index in [1.807, 2.05) is 4.57 Å². The Morgan fingerprint density at radius 2 is 2.16 bits per heavy atom. The Bertz CT molecular complexity index is 761. The number of aromatic nitrogens is 3. The van der Waals surface area contributed by atoms with E-state index < -0.39 is 0 Å². The van der Waals surface area contributed by atoms with Gasteiger partial charge in [-0.1, -0.05) is 0 Å². The van der Waals surface area contributed by atoms with Gasteiger partial charge in [-0.25, -0.2) is 4.39 Å². The number of hydrogen-bond acceptors (Lipinski definition) is 5. The molecule has 1 aromatic heterocycles. The van der Waals surface area contributed by atoms with Gasteiger partial charge in [0.25, 0.3) is 0 Å². The van der Waals surface area contributed by atoms with Crippen molar-refractivity contribution in [3.05, 3.63) is 41.2 Å². The molecule has 0 unspecified atom stereocenters.